The van der Waals surface area contributed by atoms with Crippen molar-refractivity contribution in [3.05, 3.63) is 0 Å². The van der Waals surface area contributed by atoms with E-state index in [-0.39, 0.29) is 12.1 Å². The van der Waals surface area contributed by atoms with Gasteiger partial charge < -0.3 is 25.4 Å². The van der Waals surface area contributed by atoms with Crippen LogP contribution >= 0.6 is 0 Å². The van der Waals surface area contributed by atoms with E-state index < -0.39 is 18.5 Å². The fraction of sp³-hybridized carbons (Fsp3) is 1.00. The summed E-state index contributed by atoms with van der Waals surface area (Å²) < 4.78 is 5.25. The van der Waals surface area contributed by atoms with Crippen LogP contribution in [0.3, 0.4) is 0 Å². The van der Waals surface area contributed by atoms with Crippen molar-refractivity contribution in [1.82, 2.24) is 5.32 Å². The highest BCUT2D eigenvalue weighted by atomic mass is 16.6. The highest BCUT2D eigenvalue weighted by Crippen LogP contribution is 2.27. The smallest absolute Gasteiger partial charge is 0.183 e. The lowest BCUT2D eigenvalue weighted by molar-refractivity contribution is -0.263. The molecule has 0 spiro atoms. The lowest BCUT2D eigenvalue weighted by Crippen LogP contribution is -2.66. The number of hydrogen-bond acceptors (Lipinski definition) is 5. The van der Waals surface area contributed by atoms with E-state index in [4.69, 9.17) is 4.74 Å². The number of piperidine rings is 1. The van der Waals surface area contributed by atoms with Crippen LogP contribution in [0.1, 0.15) is 26.2 Å². The van der Waals surface area contributed by atoms with Crippen molar-refractivity contribution < 1.29 is 20.1 Å². The fourth-order valence-corrected chi connectivity index (χ4v) is 2.44. The van der Waals surface area contributed by atoms with Gasteiger partial charge >= 0.3 is 0 Å². The molecule has 2 heterocycles. The zero-order valence-electron chi connectivity index (χ0n) is 8.84. The second-order valence-electron chi connectivity index (χ2n) is 4.42. The van der Waals surface area contributed by atoms with E-state index in [1.54, 1.807) is 0 Å². The first-order valence-corrected chi connectivity index (χ1v) is 5.59. The molecule has 2 saturated heterocycles. The number of rotatable bonds is 1. The SMILES string of the molecule is CCC1CCC2OC(O)C(O)C(O)C2N1. The summed E-state index contributed by atoms with van der Waals surface area (Å²) in [5, 5.41) is 31.9. The van der Waals surface area contributed by atoms with Crippen molar-refractivity contribution in [2.45, 2.75) is 62.9 Å². The van der Waals surface area contributed by atoms with Crippen molar-refractivity contribution >= 4 is 0 Å². The molecule has 0 saturated carbocycles. The van der Waals surface area contributed by atoms with E-state index in [9.17, 15) is 15.3 Å². The van der Waals surface area contributed by atoms with Gasteiger partial charge in [0.1, 0.15) is 12.2 Å². The van der Waals surface area contributed by atoms with E-state index in [2.05, 4.69) is 12.2 Å². The zero-order chi connectivity index (χ0) is 11.0. The van der Waals surface area contributed by atoms with Crippen LogP contribution in [-0.4, -0.2) is 52.0 Å². The molecule has 0 aliphatic carbocycles. The second kappa shape index (κ2) is 4.35. The molecule has 4 N–H and O–H groups in total. The third-order valence-corrected chi connectivity index (χ3v) is 3.45. The maximum Gasteiger partial charge on any atom is 0.183 e. The Bertz CT molecular complexity index is 223. The molecule has 0 aromatic heterocycles. The van der Waals surface area contributed by atoms with Crippen LogP contribution in [0.4, 0.5) is 0 Å². The van der Waals surface area contributed by atoms with Gasteiger partial charge in [-0.3, -0.25) is 0 Å². The molecule has 2 rings (SSSR count). The molecule has 2 aliphatic heterocycles. The third-order valence-electron chi connectivity index (χ3n) is 3.45. The van der Waals surface area contributed by atoms with Crippen molar-refractivity contribution in [1.29, 1.82) is 0 Å². The molecule has 0 aromatic rings. The minimum Gasteiger partial charge on any atom is -0.388 e. The minimum absolute atomic E-state index is 0.193. The monoisotopic (exact) mass is 217 g/mol. The predicted octanol–water partition coefficient (Wildman–Crippen LogP) is -1.04. The van der Waals surface area contributed by atoms with Gasteiger partial charge in [0, 0.05) is 6.04 Å². The van der Waals surface area contributed by atoms with Crippen LogP contribution in [0, 0.1) is 0 Å². The Kier molecular flexibility index (Phi) is 3.27. The van der Waals surface area contributed by atoms with Crippen LogP contribution in [0.25, 0.3) is 0 Å². The summed E-state index contributed by atoms with van der Waals surface area (Å²) in [6, 6.07) is 0.106. The zero-order valence-corrected chi connectivity index (χ0v) is 8.84. The van der Waals surface area contributed by atoms with E-state index in [1.165, 1.54) is 0 Å². The van der Waals surface area contributed by atoms with E-state index in [1.807, 2.05) is 0 Å². The van der Waals surface area contributed by atoms with Crippen LogP contribution in [0.2, 0.25) is 0 Å². The summed E-state index contributed by atoms with van der Waals surface area (Å²) in [5.41, 5.74) is 0. The first-order valence-electron chi connectivity index (χ1n) is 5.59. The second-order valence-corrected chi connectivity index (χ2v) is 4.42. The Morgan fingerprint density at radius 2 is 1.93 bits per heavy atom. The molecule has 15 heavy (non-hydrogen) atoms. The lowest BCUT2D eigenvalue weighted by atomic mass is 9.87. The average molecular weight is 217 g/mol. The molecule has 2 aliphatic rings. The molecular weight excluding hydrogens is 198 g/mol. The largest absolute Gasteiger partial charge is 0.388 e. The normalized spacial score (nSPS) is 51.2. The molecule has 0 radical (unpaired) electrons. The van der Waals surface area contributed by atoms with Gasteiger partial charge in [0.05, 0.1) is 12.1 Å². The molecule has 5 nitrogen and oxygen atoms in total. The van der Waals surface area contributed by atoms with Crippen LogP contribution < -0.4 is 5.32 Å². The van der Waals surface area contributed by atoms with Gasteiger partial charge in [-0.25, -0.2) is 0 Å². The maximum atomic E-state index is 9.80. The maximum absolute atomic E-state index is 9.80. The summed E-state index contributed by atoms with van der Waals surface area (Å²) in [5.74, 6) is 0. The Hall–Kier alpha value is -0.200. The molecule has 88 valence electrons. The number of aliphatic hydroxyl groups is 3. The van der Waals surface area contributed by atoms with Crippen LogP contribution in [-0.2, 0) is 4.74 Å². The number of ether oxygens (including phenoxy) is 1. The average Bonchev–Trinajstić information content (AvgIpc) is 2.26. The van der Waals surface area contributed by atoms with Gasteiger partial charge in [0.15, 0.2) is 6.29 Å². The van der Waals surface area contributed by atoms with Crippen molar-refractivity contribution in [2.75, 3.05) is 0 Å². The lowest BCUT2D eigenvalue weighted by Gasteiger charge is -2.46. The minimum atomic E-state index is -1.26. The molecule has 6 atom stereocenters. The molecule has 0 aromatic carbocycles. The third kappa shape index (κ3) is 2.03. The van der Waals surface area contributed by atoms with E-state index >= 15 is 0 Å². The molecular formula is C10H19NO4. The number of aliphatic hydroxyl groups excluding tert-OH is 3. The molecule has 0 bridgehead atoms. The Morgan fingerprint density at radius 3 is 2.60 bits per heavy atom. The topological polar surface area (TPSA) is 82.0 Å². The molecule has 2 fully saturated rings. The highest BCUT2D eigenvalue weighted by Gasteiger charge is 2.45. The quantitative estimate of drug-likeness (QED) is 0.451. The number of nitrogens with one attached hydrogen (secondary N) is 1. The summed E-state index contributed by atoms with van der Waals surface area (Å²) in [7, 11) is 0. The van der Waals surface area contributed by atoms with Crippen LogP contribution in [0.5, 0.6) is 0 Å². The summed E-state index contributed by atoms with van der Waals surface area (Å²) in [6.07, 6.45) is -0.830. The van der Waals surface area contributed by atoms with Crippen LogP contribution in [0.15, 0.2) is 0 Å². The fourth-order valence-electron chi connectivity index (χ4n) is 2.44. The summed E-state index contributed by atoms with van der Waals surface area (Å²) in [4.78, 5) is 0. The predicted molar refractivity (Wildman–Crippen MR) is 53.1 cm³/mol. The summed E-state index contributed by atoms with van der Waals surface area (Å²) >= 11 is 0. The van der Waals surface area contributed by atoms with Gasteiger partial charge in [-0.1, -0.05) is 6.92 Å². The van der Waals surface area contributed by atoms with Gasteiger partial charge in [-0.15, -0.1) is 0 Å². The number of fused-ring (bicyclic) bond motifs is 1. The van der Waals surface area contributed by atoms with Gasteiger partial charge in [-0.2, -0.15) is 0 Å². The Balaban J connectivity index is 2.05. The Labute approximate surface area is 89.1 Å². The first-order chi connectivity index (χ1) is 7.13. The van der Waals surface area contributed by atoms with Crippen molar-refractivity contribution in [3.8, 4) is 0 Å². The molecule has 0 amide bonds. The van der Waals surface area contributed by atoms with Gasteiger partial charge in [-0.05, 0) is 19.3 Å². The van der Waals surface area contributed by atoms with Crippen molar-refractivity contribution in [2.24, 2.45) is 0 Å². The van der Waals surface area contributed by atoms with E-state index in [0.29, 0.717) is 6.04 Å². The van der Waals surface area contributed by atoms with E-state index in [0.717, 1.165) is 19.3 Å². The molecule has 6 unspecified atom stereocenters. The van der Waals surface area contributed by atoms with Crippen molar-refractivity contribution in [3.63, 3.8) is 0 Å². The van der Waals surface area contributed by atoms with Gasteiger partial charge in [0.2, 0.25) is 0 Å². The highest BCUT2D eigenvalue weighted by molar-refractivity contribution is 4.98. The Morgan fingerprint density at radius 1 is 1.20 bits per heavy atom. The van der Waals surface area contributed by atoms with Gasteiger partial charge in [0.25, 0.3) is 0 Å². The first kappa shape index (κ1) is 11.3. The molecule has 5 heteroatoms. The standard InChI is InChI=1S/C10H19NO4/c1-2-5-3-4-6-7(11-5)8(12)9(13)10(14)15-6/h5-14H,2-4H2,1H3. The number of hydrogen-bond donors (Lipinski definition) is 4. The summed E-state index contributed by atoms with van der Waals surface area (Å²) in [6.45, 7) is 2.08.